The van der Waals surface area contributed by atoms with Crippen molar-refractivity contribution in [2.45, 2.75) is 9.79 Å². The minimum absolute atomic E-state index is 0.575. The Bertz CT molecular complexity index is 559. The molecule has 0 aromatic heterocycles. The predicted molar refractivity (Wildman–Crippen MR) is 69.5 cm³/mol. The van der Waals surface area contributed by atoms with Crippen LogP contribution in [0.3, 0.4) is 0 Å². The van der Waals surface area contributed by atoms with E-state index < -0.39 is 10.8 Å². The van der Waals surface area contributed by atoms with Crippen molar-refractivity contribution in [1.82, 2.24) is 0 Å². The molecule has 0 N–H and O–H groups in total. The number of carbonyl (C=O) groups excluding carboxylic acids is 1. The first kappa shape index (κ1) is 12.5. The van der Waals surface area contributed by atoms with Gasteiger partial charge in [-0.1, -0.05) is 12.1 Å². The molecule has 2 rings (SSSR count). The second-order valence-corrected chi connectivity index (χ2v) is 5.11. The Labute approximate surface area is 108 Å². The third-order valence-corrected chi connectivity index (χ3v) is 3.90. The van der Waals surface area contributed by atoms with Gasteiger partial charge in [-0.3, -0.25) is 4.79 Å². The van der Waals surface area contributed by atoms with Crippen LogP contribution < -0.4 is 4.74 Å². The van der Waals surface area contributed by atoms with E-state index in [1.165, 1.54) is 0 Å². The Kier molecular flexibility index (Phi) is 3.89. The van der Waals surface area contributed by atoms with E-state index in [0.29, 0.717) is 15.4 Å². The van der Waals surface area contributed by atoms with Gasteiger partial charge >= 0.3 is 0 Å². The zero-order chi connectivity index (χ0) is 13.0. The number of carbonyl (C=O) groups is 1. The fraction of sp³-hybridized carbons (Fsp3) is 0.0714. The number of ether oxygens (including phenoxy) is 1. The maximum Gasteiger partial charge on any atom is 0.150 e. The summed E-state index contributed by atoms with van der Waals surface area (Å²) in [5.74, 6) is 0.729. The highest BCUT2D eigenvalue weighted by Crippen LogP contribution is 2.19. The number of rotatable bonds is 4. The molecule has 3 nitrogen and oxygen atoms in total. The van der Waals surface area contributed by atoms with Gasteiger partial charge in [-0.2, -0.15) is 0 Å². The lowest BCUT2D eigenvalue weighted by Crippen LogP contribution is -1.93. The summed E-state index contributed by atoms with van der Waals surface area (Å²) in [7, 11) is 0.349. The molecule has 0 bridgehead atoms. The molecule has 0 fully saturated rings. The maximum atomic E-state index is 12.2. The van der Waals surface area contributed by atoms with Crippen molar-refractivity contribution in [3.8, 4) is 5.75 Å². The Morgan fingerprint density at radius 2 is 1.44 bits per heavy atom. The molecule has 0 spiro atoms. The summed E-state index contributed by atoms with van der Waals surface area (Å²) >= 11 is 0. The summed E-state index contributed by atoms with van der Waals surface area (Å²) in [5, 5.41) is 0. The summed E-state index contributed by atoms with van der Waals surface area (Å²) < 4.78 is 17.3. The third-order valence-electron chi connectivity index (χ3n) is 2.50. The lowest BCUT2D eigenvalue weighted by molar-refractivity contribution is 0.112. The van der Waals surface area contributed by atoms with Crippen LogP contribution in [0, 0.1) is 0 Å². The van der Waals surface area contributed by atoms with Crippen LogP contribution in [0.2, 0.25) is 0 Å². The van der Waals surface area contributed by atoms with Gasteiger partial charge in [-0.25, -0.2) is 4.21 Å². The second kappa shape index (κ2) is 5.60. The fourth-order valence-corrected chi connectivity index (χ4v) is 2.54. The van der Waals surface area contributed by atoms with Crippen LogP contribution in [-0.2, 0) is 10.8 Å². The highest BCUT2D eigenvalue weighted by atomic mass is 32.2. The topological polar surface area (TPSA) is 43.4 Å². The van der Waals surface area contributed by atoms with Crippen LogP contribution in [0.25, 0.3) is 0 Å². The van der Waals surface area contributed by atoms with Crippen LogP contribution in [0.1, 0.15) is 10.4 Å². The first-order valence-corrected chi connectivity index (χ1v) is 6.50. The van der Waals surface area contributed by atoms with E-state index in [-0.39, 0.29) is 0 Å². The zero-order valence-electron chi connectivity index (χ0n) is 9.83. The van der Waals surface area contributed by atoms with Gasteiger partial charge in [0.1, 0.15) is 12.0 Å². The first-order valence-electron chi connectivity index (χ1n) is 5.35. The minimum atomic E-state index is -1.24. The number of hydrogen-bond acceptors (Lipinski definition) is 3. The van der Waals surface area contributed by atoms with E-state index >= 15 is 0 Å². The van der Waals surface area contributed by atoms with Gasteiger partial charge in [0.15, 0.2) is 0 Å². The molecule has 0 aliphatic carbocycles. The molecule has 2 aromatic carbocycles. The quantitative estimate of drug-likeness (QED) is 0.794. The van der Waals surface area contributed by atoms with Gasteiger partial charge in [0.05, 0.1) is 17.9 Å². The molecule has 0 radical (unpaired) electrons. The maximum absolute atomic E-state index is 12.2. The largest absolute Gasteiger partial charge is 0.497 e. The molecule has 1 atom stereocenters. The highest BCUT2D eigenvalue weighted by molar-refractivity contribution is 7.85. The van der Waals surface area contributed by atoms with Crippen LogP contribution in [0.4, 0.5) is 0 Å². The van der Waals surface area contributed by atoms with Crippen LogP contribution in [0.15, 0.2) is 58.3 Å². The summed E-state index contributed by atoms with van der Waals surface area (Å²) in [6.45, 7) is 0. The van der Waals surface area contributed by atoms with Gasteiger partial charge in [0, 0.05) is 15.4 Å². The van der Waals surface area contributed by atoms with Crippen LogP contribution in [-0.4, -0.2) is 17.6 Å². The Morgan fingerprint density at radius 3 is 1.89 bits per heavy atom. The zero-order valence-corrected chi connectivity index (χ0v) is 10.6. The molecular formula is C14H12O3S. The Balaban J connectivity index is 2.26. The number of methoxy groups -OCH3 is 1. The summed E-state index contributed by atoms with van der Waals surface area (Å²) in [4.78, 5) is 11.9. The predicted octanol–water partition coefficient (Wildman–Crippen LogP) is 2.67. The molecule has 0 saturated carbocycles. The lowest BCUT2D eigenvalue weighted by atomic mass is 10.2. The van der Waals surface area contributed by atoms with Gasteiger partial charge < -0.3 is 4.74 Å². The Hall–Kier alpha value is -1.94. The average Bonchev–Trinajstić information content (AvgIpc) is 2.47. The van der Waals surface area contributed by atoms with Gasteiger partial charge in [-0.05, 0) is 36.4 Å². The molecule has 92 valence electrons. The number of hydrogen-bond donors (Lipinski definition) is 0. The van der Waals surface area contributed by atoms with Gasteiger partial charge in [-0.15, -0.1) is 0 Å². The molecule has 4 heteroatoms. The van der Waals surface area contributed by atoms with Gasteiger partial charge in [0.2, 0.25) is 0 Å². The van der Waals surface area contributed by atoms with E-state index in [2.05, 4.69) is 0 Å². The summed E-state index contributed by atoms with van der Waals surface area (Å²) in [5.41, 5.74) is 0.575. The van der Waals surface area contributed by atoms with Crippen molar-refractivity contribution in [2.75, 3.05) is 7.11 Å². The normalized spacial score (nSPS) is 11.8. The van der Waals surface area contributed by atoms with E-state index in [4.69, 9.17) is 4.74 Å². The SMILES string of the molecule is COc1ccc(S(=O)c2ccc(C=O)cc2)cc1. The minimum Gasteiger partial charge on any atom is -0.497 e. The van der Waals surface area contributed by atoms with Crippen molar-refractivity contribution in [3.63, 3.8) is 0 Å². The van der Waals surface area contributed by atoms with E-state index in [1.807, 2.05) is 0 Å². The smallest absolute Gasteiger partial charge is 0.150 e. The molecule has 0 aliphatic heterocycles. The van der Waals surface area contributed by atoms with E-state index in [9.17, 15) is 9.00 Å². The summed E-state index contributed by atoms with van der Waals surface area (Å²) in [6, 6.07) is 13.8. The van der Waals surface area contributed by atoms with Crippen LogP contribution in [0.5, 0.6) is 5.75 Å². The van der Waals surface area contributed by atoms with E-state index in [1.54, 1.807) is 55.6 Å². The van der Waals surface area contributed by atoms with Crippen LogP contribution >= 0.6 is 0 Å². The molecule has 0 saturated heterocycles. The summed E-state index contributed by atoms with van der Waals surface area (Å²) in [6.07, 6.45) is 0.764. The first-order chi connectivity index (χ1) is 8.74. The molecule has 18 heavy (non-hydrogen) atoms. The van der Waals surface area contributed by atoms with Gasteiger partial charge in [0.25, 0.3) is 0 Å². The Morgan fingerprint density at radius 1 is 0.944 bits per heavy atom. The highest BCUT2D eigenvalue weighted by Gasteiger charge is 2.07. The molecule has 2 aromatic rings. The fourth-order valence-electron chi connectivity index (χ4n) is 1.51. The standard InChI is InChI=1S/C14H12O3S/c1-17-12-4-8-14(9-5-12)18(16)13-6-2-11(10-15)3-7-13/h2-10H,1H3. The van der Waals surface area contributed by atoms with E-state index in [0.717, 1.165) is 12.0 Å². The second-order valence-electron chi connectivity index (χ2n) is 3.63. The van der Waals surface area contributed by atoms with Crippen molar-refractivity contribution in [1.29, 1.82) is 0 Å². The molecular weight excluding hydrogens is 248 g/mol. The number of aldehydes is 1. The van der Waals surface area contributed by atoms with Crippen molar-refractivity contribution >= 4 is 17.1 Å². The number of benzene rings is 2. The third kappa shape index (κ3) is 2.65. The van der Waals surface area contributed by atoms with Crippen molar-refractivity contribution in [3.05, 3.63) is 54.1 Å². The molecule has 1 unspecified atom stereocenters. The molecule has 0 heterocycles. The average molecular weight is 260 g/mol. The van der Waals surface area contributed by atoms with Crippen molar-refractivity contribution in [2.24, 2.45) is 0 Å². The molecule has 0 amide bonds. The lowest BCUT2D eigenvalue weighted by Gasteiger charge is -2.04. The molecule has 0 aliphatic rings. The van der Waals surface area contributed by atoms with Crippen molar-refractivity contribution < 1.29 is 13.7 Å². The monoisotopic (exact) mass is 260 g/mol.